The molecule has 1 amide bonds. The van der Waals surface area contributed by atoms with Gasteiger partial charge in [-0.15, -0.1) is 11.3 Å². The quantitative estimate of drug-likeness (QED) is 0.765. The van der Waals surface area contributed by atoms with Crippen LogP contribution >= 0.6 is 34.5 Å². The largest absolute Gasteiger partial charge is 0.350 e. The smallest absolute Gasteiger partial charge is 0.253 e. The van der Waals surface area contributed by atoms with Crippen molar-refractivity contribution in [2.75, 3.05) is 6.54 Å². The van der Waals surface area contributed by atoms with Gasteiger partial charge in [0.1, 0.15) is 10.2 Å². The van der Waals surface area contributed by atoms with Gasteiger partial charge in [0.05, 0.1) is 20.9 Å². The Balaban J connectivity index is 1.69. The van der Waals surface area contributed by atoms with Crippen molar-refractivity contribution < 1.29 is 4.79 Å². The van der Waals surface area contributed by atoms with E-state index in [1.54, 1.807) is 6.07 Å². The average molecular weight is 354 g/mol. The summed E-state index contributed by atoms with van der Waals surface area (Å²) in [6.07, 6.45) is 0. The Hall–Kier alpha value is -1.56. The molecule has 0 atom stereocenters. The summed E-state index contributed by atoms with van der Waals surface area (Å²) < 4.78 is 3.00. The number of carbonyl (C=O) groups is 1. The number of rotatable bonds is 4. The minimum atomic E-state index is -0.213. The number of nitrogens with zero attached hydrogens (tertiary/aromatic N) is 2. The summed E-state index contributed by atoms with van der Waals surface area (Å²) in [5.74, 6) is 0.710. The maximum Gasteiger partial charge on any atom is 0.253 e. The third-order valence-electron chi connectivity index (χ3n) is 3.37. The van der Waals surface area contributed by atoms with Crippen molar-refractivity contribution in [3.8, 4) is 0 Å². The zero-order valence-electron chi connectivity index (χ0n) is 11.8. The van der Waals surface area contributed by atoms with Crippen LogP contribution < -0.4 is 5.32 Å². The molecule has 2 aromatic heterocycles. The lowest BCUT2D eigenvalue weighted by Crippen LogP contribution is -2.27. The van der Waals surface area contributed by atoms with Crippen LogP contribution in [0.15, 0.2) is 30.3 Å². The Kier molecular flexibility index (Phi) is 4.38. The van der Waals surface area contributed by atoms with Crippen LogP contribution in [0.25, 0.3) is 11.0 Å². The standard InChI is InChI=1S/C15H13Cl2N3OS/c1-9-19-11-4-2-3-5-12(11)20(9)7-6-18-15(21)10-8-13(16)22-14(10)17/h2-5,8H,6-7H2,1H3,(H,18,21). The molecule has 1 aromatic carbocycles. The third-order valence-corrected chi connectivity index (χ3v) is 4.86. The van der Waals surface area contributed by atoms with Crippen molar-refractivity contribution in [1.29, 1.82) is 0 Å². The van der Waals surface area contributed by atoms with Gasteiger partial charge in [0, 0.05) is 13.1 Å². The molecular weight excluding hydrogens is 341 g/mol. The predicted octanol–water partition coefficient (Wildman–Crippen LogP) is 4.14. The van der Waals surface area contributed by atoms with Crippen molar-refractivity contribution in [3.63, 3.8) is 0 Å². The fourth-order valence-corrected chi connectivity index (χ4v) is 3.81. The lowest BCUT2D eigenvalue weighted by molar-refractivity contribution is 0.0953. The van der Waals surface area contributed by atoms with E-state index in [0.29, 0.717) is 27.3 Å². The highest BCUT2D eigenvalue weighted by Gasteiger charge is 2.14. The van der Waals surface area contributed by atoms with Gasteiger partial charge < -0.3 is 9.88 Å². The van der Waals surface area contributed by atoms with E-state index in [-0.39, 0.29) is 5.91 Å². The first-order chi connectivity index (χ1) is 10.6. The number of para-hydroxylation sites is 2. The SMILES string of the molecule is Cc1nc2ccccc2n1CCNC(=O)c1cc(Cl)sc1Cl. The molecule has 0 aliphatic carbocycles. The van der Waals surface area contributed by atoms with E-state index in [9.17, 15) is 4.79 Å². The summed E-state index contributed by atoms with van der Waals surface area (Å²) in [7, 11) is 0. The average Bonchev–Trinajstić information content (AvgIpc) is 2.98. The summed E-state index contributed by atoms with van der Waals surface area (Å²) in [5, 5.41) is 2.86. The molecule has 0 saturated heterocycles. The van der Waals surface area contributed by atoms with Crippen molar-refractivity contribution in [2.45, 2.75) is 13.5 Å². The highest BCUT2D eigenvalue weighted by Crippen LogP contribution is 2.30. The molecule has 1 N–H and O–H groups in total. The Morgan fingerprint density at radius 3 is 2.86 bits per heavy atom. The number of thiophene rings is 1. The van der Waals surface area contributed by atoms with Gasteiger partial charge in [-0.05, 0) is 25.1 Å². The number of fused-ring (bicyclic) bond motifs is 1. The molecule has 0 aliphatic rings. The number of aromatic nitrogens is 2. The lowest BCUT2D eigenvalue weighted by Gasteiger charge is -2.08. The number of hydrogen-bond acceptors (Lipinski definition) is 3. The first kappa shape index (κ1) is 15.3. The number of benzene rings is 1. The number of imidazole rings is 1. The lowest BCUT2D eigenvalue weighted by atomic mass is 10.3. The number of hydrogen-bond donors (Lipinski definition) is 1. The normalized spacial score (nSPS) is 11.0. The first-order valence-corrected chi connectivity index (χ1v) is 8.28. The molecule has 4 nitrogen and oxygen atoms in total. The van der Waals surface area contributed by atoms with Gasteiger partial charge in [0.15, 0.2) is 0 Å². The van der Waals surface area contributed by atoms with Crippen molar-refractivity contribution in [1.82, 2.24) is 14.9 Å². The van der Waals surface area contributed by atoms with Crippen LogP contribution in [0.5, 0.6) is 0 Å². The van der Waals surface area contributed by atoms with Crippen LogP contribution in [0.3, 0.4) is 0 Å². The summed E-state index contributed by atoms with van der Waals surface area (Å²) in [6, 6.07) is 9.52. The summed E-state index contributed by atoms with van der Waals surface area (Å²) >= 11 is 13.0. The number of amides is 1. The molecule has 0 unspecified atom stereocenters. The van der Waals surface area contributed by atoms with E-state index in [1.807, 2.05) is 31.2 Å². The topological polar surface area (TPSA) is 46.9 Å². The highest BCUT2D eigenvalue weighted by atomic mass is 35.5. The number of carbonyl (C=O) groups excluding carboxylic acids is 1. The van der Waals surface area contributed by atoms with Gasteiger partial charge in [-0.1, -0.05) is 35.3 Å². The van der Waals surface area contributed by atoms with Crippen molar-refractivity contribution in [3.05, 3.63) is 50.4 Å². The highest BCUT2D eigenvalue weighted by molar-refractivity contribution is 7.20. The fourth-order valence-electron chi connectivity index (χ4n) is 2.35. The van der Waals surface area contributed by atoms with Crippen LogP contribution in [-0.4, -0.2) is 22.0 Å². The second kappa shape index (κ2) is 6.28. The van der Waals surface area contributed by atoms with Crippen molar-refractivity contribution >= 4 is 51.5 Å². The molecule has 2 heterocycles. The first-order valence-electron chi connectivity index (χ1n) is 6.71. The zero-order valence-corrected chi connectivity index (χ0v) is 14.1. The Morgan fingerprint density at radius 2 is 2.14 bits per heavy atom. The molecule has 0 fully saturated rings. The van der Waals surface area contributed by atoms with Crippen LogP contribution in [-0.2, 0) is 6.54 Å². The minimum Gasteiger partial charge on any atom is -0.350 e. The monoisotopic (exact) mass is 353 g/mol. The molecule has 0 saturated carbocycles. The van der Waals surface area contributed by atoms with Gasteiger partial charge in [-0.2, -0.15) is 0 Å². The van der Waals surface area contributed by atoms with Gasteiger partial charge in [-0.25, -0.2) is 4.98 Å². The zero-order chi connectivity index (χ0) is 15.7. The number of halogens is 2. The number of nitrogens with one attached hydrogen (secondary N) is 1. The van der Waals surface area contributed by atoms with E-state index < -0.39 is 0 Å². The van der Waals surface area contributed by atoms with Crippen molar-refractivity contribution in [2.24, 2.45) is 0 Å². The van der Waals surface area contributed by atoms with Crippen LogP contribution in [0.2, 0.25) is 8.67 Å². The molecule has 3 rings (SSSR count). The molecule has 3 aromatic rings. The van der Waals surface area contributed by atoms with Crippen LogP contribution in [0.4, 0.5) is 0 Å². The second-order valence-corrected chi connectivity index (χ2v) is 7.08. The molecule has 22 heavy (non-hydrogen) atoms. The molecular formula is C15H13Cl2N3OS. The molecule has 0 bridgehead atoms. The van der Waals surface area contributed by atoms with E-state index >= 15 is 0 Å². The molecule has 0 radical (unpaired) electrons. The molecule has 0 spiro atoms. The summed E-state index contributed by atoms with van der Waals surface area (Å²) in [6.45, 7) is 3.09. The van der Waals surface area contributed by atoms with Crippen LogP contribution in [0.1, 0.15) is 16.2 Å². The van der Waals surface area contributed by atoms with Gasteiger partial charge in [0.2, 0.25) is 0 Å². The van der Waals surface area contributed by atoms with Gasteiger partial charge >= 0.3 is 0 Å². The maximum absolute atomic E-state index is 12.1. The van der Waals surface area contributed by atoms with Gasteiger partial charge in [-0.3, -0.25) is 4.79 Å². The Morgan fingerprint density at radius 1 is 1.36 bits per heavy atom. The number of aryl methyl sites for hydroxylation is 1. The molecule has 114 valence electrons. The molecule has 0 aliphatic heterocycles. The van der Waals surface area contributed by atoms with E-state index in [4.69, 9.17) is 23.2 Å². The maximum atomic E-state index is 12.1. The fraction of sp³-hybridized carbons (Fsp3) is 0.200. The Labute approximate surface area is 141 Å². The second-order valence-electron chi connectivity index (χ2n) is 4.79. The van der Waals surface area contributed by atoms with Gasteiger partial charge in [0.25, 0.3) is 5.91 Å². The van der Waals surface area contributed by atoms with Crippen LogP contribution in [0, 0.1) is 6.92 Å². The molecule has 7 heteroatoms. The minimum absolute atomic E-state index is 0.213. The van der Waals surface area contributed by atoms with E-state index in [0.717, 1.165) is 16.9 Å². The summed E-state index contributed by atoms with van der Waals surface area (Å²) in [4.78, 5) is 16.6. The third kappa shape index (κ3) is 2.97. The summed E-state index contributed by atoms with van der Waals surface area (Å²) in [5.41, 5.74) is 2.44. The Bertz CT molecular complexity index is 841. The van der Waals surface area contributed by atoms with E-state index in [2.05, 4.69) is 14.9 Å². The van der Waals surface area contributed by atoms with E-state index in [1.165, 1.54) is 11.3 Å². The predicted molar refractivity (Wildman–Crippen MR) is 91.1 cm³/mol.